The normalized spacial score (nSPS) is 21.0. The maximum absolute atomic E-state index is 13.7. The van der Waals surface area contributed by atoms with Crippen LogP contribution in [0.5, 0.6) is 11.5 Å². The number of urea groups is 1. The number of fused-ring (bicyclic) bond motifs is 1. The number of nitrogens with zero attached hydrogens (tertiary/aromatic N) is 2. The SMILES string of the molecule is COc1cc2c(cc1OC)C(c1ccccc1)N(C(=O)CN1C(=O)NC3(CCCCC3)C1=O)CC2. The predicted molar refractivity (Wildman–Crippen MR) is 129 cm³/mol. The number of amides is 4. The molecule has 2 aliphatic heterocycles. The number of hydrogen-bond acceptors (Lipinski definition) is 5. The Labute approximate surface area is 205 Å². The maximum Gasteiger partial charge on any atom is 0.325 e. The van der Waals surface area contributed by atoms with Gasteiger partial charge in [-0.25, -0.2) is 4.79 Å². The zero-order chi connectivity index (χ0) is 24.6. The lowest BCUT2D eigenvalue weighted by molar-refractivity contribution is -0.140. The summed E-state index contributed by atoms with van der Waals surface area (Å²) in [5.74, 6) is 0.719. The van der Waals surface area contributed by atoms with Crippen LogP contribution in [0, 0.1) is 0 Å². The van der Waals surface area contributed by atoms with Crippen LogP contribution in [0.15, 0.2) is 42.5 Å². The summed E-state index contributed by atoms with van der Waals surface area (Å²) in [5, 5.41) is 2.90. The summed E-state index contributed by atoms with van der Waals surface area (Å²) in [6, 6.07) is 12.9. The molecule has 2 heterocycles. The molecule has 184 valence electrons. The predicted octanol–water partition coefficient (Wildman–Crippen LogP) is 3.43. The van der Waals surface area contributed by atoms with Gasteiger partial charge >= 0.3 is 6.03 Å². The van der Waals surface area contributed by atoms with E-state index in [0.29, 0.717) is 37.3 Å². The van der Waals surface area contributed by atoms with Gasteiger partial charge < -0.3 is 19.7 Å². The Morgan fingerprint density at radius 3 is 2.40 bits per heavy atom. The van der Waals surface area contributed by atoms with Crippen LogP contribution in [-0.2, 0) is 16.0 Å². The number of nitrogens with one attached hydrogen (secondary N) is 1. The fourth-order valence-electron chi connectivity index (χ4n) is 5.75. The number of carbonyl (C=O) groups is 3. The number of benzene rings is 2. The van der Waals surface area contributed by atoms with Gasteiger partial charge in [0.1, 0.15) is 12.1 Å². The highest BCUT2D eigenvalue weighted by Gasteiger charge is 2.52. The molecule has 0 radical (unpaired) electrons. The highest BCUT2D eigenvalue weighted by atomic mass is 16.5. The molecule has 0 aromatic heterocycles. The first-order chi connectivity index (χ1) is 17.0. The molecule has 1 N–H and O–H groups in total. The van der Waals surface area contributed by atoms with Crippen LogP contribution >= 0.6 is 0 Å². The van der Waals surface area contributed by atoms with Crippen LogP contribution < -0.4 is 14.8 Å². The van der Waals surface area contributed by atoms with Crippen molar-refractivity contribution in [3.63, 3.8) is 0 Å². The molecule has 1 aliphatic carbocycles. The standard InChI is InChI=1S/C27H31N3O5/c1-34-21-15-19-11-14-29(24(18-9-5-3-6-10-18)20(19)16-22(21)35-2)23(31)17-30-25(32)27(28-26(30)33)12-7-4-8-13-27/h3,5-6,9-10,15-16,24H,4,7-8,11-14,17H2,1-2H3,(H,28,33). The Kier molecular flexibility index (Phi) is 6.13. The highest BCUT2D eigenvalue weighted by Crippen LogP contribution is 2.41. The molecule has 2 aromatic carbocycles. The third kappa shape index (κ3) is 4.00. The topological polar surface area (TPSA) is 88.2 Å². The summed E-state index contributed by atoms with van der Waals surface area (Å²) in [7, 11) is 3.20. The highest BCUT2D eigenvalue weighted by molar-refractivity contribution is 6.09. The van der Waals surface area contributed by atoms with Crippen LogP contribution in [0.2, 0.25) is 0 Å². The zero-order valence-corrected chi connectivity index (χ0v) is 20.2. The minimum Gasteiger partial charge on any atom is -0.493 e. The number of imide groups is 1. The van der Waals surface area contributed by atoms with Crippen molar-refractivity contribution in [2.24, 2.45) is 0 Å². The van der Waals surface area contributed by atoms with Gasteiger partial charge in [-0.15, -0.1) is 0 Å². The minimum atomic E-state index is -0.840. The summed E-state index contributed by atoms with van der Waals surface area (Å²) in [6.45, 7) is 0.202. The first-order valence-electron chi connectivity index (χ1n) is 12.2. The van der Waals surface area contributed by atoms with Crippen molar-refractivity contribution in [3.05, 3.63) is 59.2 Å². The van der Waals surface area contributed by atoms with E-state index >= 15 is 0 Å². The van der Waals surface area contributed by atoms with E-state index < -0.39 is 11.6 Å². The summed E-state index contributed by atoms with van der Waals surface area (Å²) < 4.78 is 11.0. The molecule has 1 saturated carbocycles. The quantitative estimate of drug-likeness (QED) is 0.667. The Morgan fingerprint density at radius 1 is 1.03 bits per heavy atom. The molecule has 4 amide bonds. The molecule has 1 spiro atoms. The van der Waals surface area contributed by atoms with Crippen molar-refractivity contribution in [2.75, 3.05) is 27.3 Å². The molecular formula is C27H31N3O5. The average molecular weight is 478 g/mol. The Hall–Kier alpha value is -3.55. The molecule has 35 heavy (non-hydrogen) atoms. The van der Waals surface area contributed by atoms with E-state index in [1.54, 1.807) is 19.1 Å². The Bertz CT molecular complexity index is 1140. The molecule has 8 heteroatoms. The van der Waals surface area contributed by atoms with E-state index in [0.717, 1.165) is 40.9 Å². The average Bonchev–Trinajstić information content (AvgIpc) is 3.11. The van der Waals surface area contributed by atoms with Crippen molar-refractivity contribution in [1.82, 2.24) is 15.1 Å². The molecule has 1 atom stereocenters. The van der Waals surface area contributed by atoms with Gasteiger partial charge in [-0.2, -0.15) is 0 Å². The number of carbonyl (C=O) groups excluding carboxylic acids is 3. The van der Waals surface area contributed by atoms with Crippen LogP contribution in [0.1, 0.15) is 54.8 Å². The Balaban J connectivity index is 1.46. The van der Waals surface area contributed by atoms with Gasteiger partial charge in [0, 0.05) is 6.54 Å². The van der Waals surface area contributed by atoms with E-state index in [1.165, 1.54) is 0 Å². The van der Waals surface area contributed by atoms with Crippen molar-refractivity contribution in [1.29, 1.82) is 0 Å². The maximum atomic E-state index is 13.7. The third-order valence-electron chi connectivity index (χ3n) is 7.56. The first-order valence-corrected chi connectivity index (χ1v) is 12.2. The van der Waals surface area contributed by atoms with E-state index in [4.69, 9.17) is 9.47 Å². The van der Waals surface area contributed by atoms with Crippen molar-refractivity contribution < 1.29 is 23.9 Å². The number of ether oxygens (including phenoxy) is 2. The number of hydrogen-bond donors (Lipinski definition) is 1. The lowest BCUT2D eigenvalue weighted by Gasteiger charge is -2.38. The van der Waals surface area contributed by atoms with Gasteiger partial charge in [-0.05, 0) is 48.1 Å². The lowest BCUT2D eigenvalue weighted by atomic mass is 9.82. The van der Waals surface area contributed by atoms with Gasteiger partial charge in [0.2, 0.25) is 5.91 Å². The summed E-state index contributed by atoms with van der Waals surface area (Å²) in [4.78, 5) is 42.6. The summed E-state index contributed by atoms with van der Waals surface area (Å²) in [6.07, 6.45) is 4.76. The summed E-state index contributed by atoms with van der Waals surface area (Å²) >= 11 is 0. The van der Waals surface area contributed by atoms with E-state index in [1.807, 2.05) is 42.5 Å². The molecule has 1 unspecified atom stereocenters. The van der Waals surface area contributed by atoms with Gasteiger partial charge in [0.05, 0.1) is 20.3 Å². The monoisotopic (exact) mass is 477 g/mol. The first kappa shape index (κ1) is 23.2. The van der Waals surface area contributed by atoms with Crippen LogP contribution in [0.3, 0.4) is 0 Å². The second-order valence-corrected chi connectivity index (χ2v) is 9.52. The smallest absolute Gasteiger partial charge is 0.325 e. The minimum absolute atomic E-state index is 0.254. The van der Waals surface area contributed by atoms with Crippen molar-refractivity contribution in [3.8, 4) is 11.5 Å². The third-order valence-corrected chi connectivity index (χ3v) is 7.56. The fourth-order valence-corrected chi connectivity index (χ4v) is 5.75. The number of methoxy groups -OCH3 is 2. The van der Waals surface area contributed by atoms with Gasteiger partial charge in [-0.1, -0.05) is 49.6 Å². The molecule has 0 bridgehead atoms. The second-order valence-electron chi connectivity index (χ2n) is 9.52. The van der Waals surface area contributed by atoms with Crippen molar-refractivity contribution in [2.45, 2.75) is 50.1 Å². The molecule has 5 rings (SSSR count). The molecule has 2 fully saturated rings. The zero-order valence-electron chi connectivity index (χ0n) is 20.2. The van der Waals surface area contributed by atoms with Crippen molar-refractivity contribution >= 4 is 17.8 Å². The second kappa shape index (κ2) is 9.24. The lowest BCUT2D eigenvalue weighted by Crippen LogP contribution is -2.50. The van der Waals surface area contributed by atoms with E-state index in [-0.39, 0.29) is 24.4 Å². The van der Waals surface area contributed by atoms with Crippen LogP contribution in [-0.4, -0.2) is 60.5 Å². The van der Waals surface area contributed by atoms with Gasteiger partial charge in [-0.3, -0.25) is 14.5 Å². The number of rotatable bonds is 5. The van der Waals surface area contributed by atoms with Gasteiger partial charge in [0.15, 0.2) is 11.5 Å². The van der Waals surface area contributed by atoms with E-state index in [9.17, 15) is 14.4 Å². The molecule has 8 nitrogen and oxygen atoms in total. The molecular weight excluding hydrogens is 446 g/mol. The largest absolute Gasteiger partial charge is 0.493 e. The van der Waals surface area contributed by atoms with E-state index in [2.05, 4.69) is 5.32 Å². The van der Waals surface area contributed by atoms with Gasteiger partial charge in [0.25, 0.3) is 5.91 Å². The summed E-state index contributed by atoms with van der Waals surface area (Å²) in [5.41, 5.74) is 2.15. The molecule has 1 saturated heterocycles. The Morgan fingerprint density at radius 2 is 1.71 bits per heavy atom. The molecule has 2 aromatic rings. The molecule has 3 aliphatic rings. The van der Waals surface area contributed by atoms with Crippen LogP contribution in [0.4, 0.5) is 4.79 Å². The fraction of sp³-hybridized carbons (Fsp3) is 0.444. The van der Waals surface area contributed by atoms with Crippen LogP contribution in [0.25, 0.3) is 0 Å².